The minimum absolute atomic E-state index is 0. The van der Waals surface area contributed by atoms with Gasteiger partial charge in [0.25, 0.3) is 0 Å². The van der Waals surface area contributed by atoms with Gasteiger partial charge in [-0.3, -0.25) is 0 Å². The van der Waals surface area contributed by atoms with Gasteiger partial charge in [0.05, 0.1) is 0 Å². The van der Waals surface area contributed by atoms with Gasteiger partial charge in [0, 0.05) is 0 Å². The van der Waals surface area contributed by atoms with E-state index in [0.29, 0.717) is 0 Å². The zero-order chi connectivity index (χ0) is 2.71. The van der Waals surface area contributed by atoms with E-state index >= 15 is 0 Å². The third-order valence-corrected chi connectivity index (χ3v) is 0. The van der Waals surface area contributed by atoms with E-state index in [9.17, 15) is 0 Å². The number of hydrogen-bond acceptors (Lipinski definition) is 1. The van der Waals surface area contributed by atoms with Crippen molar-refractivity contribution in [3.8, 4) is 6.07 Å². The van der Waals surface area contributed by atoms with Crippen LogP contribution in [-0.4, -0.2) is 0 Å². The Morgan fingerprint density at radius 1 is 1.75 bits per heavy atom. The van der Waals surface area contributed by atoms with Crippen LogP contribution in [0.1, 0.15) is 0 Å². The van der Waals surface area contributed by atoms with E-state index in [1.54, 1.807) is 0 Å². The summed E-state index contributed by atoms with van der Waals surface area (Å²) in [5.41, 5.74) is 0. The van der Waals surface area contributed by atoms with Gasteiger partial charge >= 0.3 is 22.4 Å². The fourth-order valence-electron chi connectivity index (χ4n) is 0. The zero-order valence-electron chi connectivity index (χ0n) is 1.96. The van der Waals surface area contributed by atoms with Crippen LogP contribution in [0.15, 0.2) is 0 Å². The fourth-order valence-corrected chi connectivity index (χ4v) is 0. The molecule has 0 heterocycles. The average molecular weight is 237 g/mol. The van der Waals surface area contributed by atoms with Gasteiger partial charge in [-0.2, -0.15) is 0 Å². The molecule has 0 rings (SSSR count). The summed E-state index contributed by atoms with van der Waals surface area (Å²) in [6.07, 6.45) is 0. The second-order valence-electron chi connectivity index (χ2n) is 0.158. The largest absolute Gasteiger partial charge is 1.00 e. The quantitative estimate of drug-likeness (QED) is 0.440. The summed E-state index contributed by atoms with van der Waals surface area (Å²) in [4.78, 5) is 0. The maximum Gasteiger partial charge on any atom is 1.00 e. The van der Waals surface area contributed by atoms with Crippen molar-refractivity contribution in [3.63, 3.8) is 0 Å². The molecule has 0 saturated heterocycles. The molecule has 0 unspecified atom stereocenters. The predicted octanol–water partition coefficient (Wildman–Crippen LogP) is 0.342. The second-order valence-corrected chi connectivity index (χ2v) is 0.158. The molecule has 0 aliphatic rings. The number of rotatable bonds is 0. The van der Waals surface area contributed by atoms with Crippen LogP contribution in [0.3, 0.4) is 0 Å². The van der Waals surface area contributed by atoms with Crippen LogP contribution in [-0.2, 0) is 22.4 Å². The zero-order valence-corrected chi connectivity index (χ0v) is 4.12. The minimum Gasteiger partial charge on any atom is -0.305 e. The molecule has 0 N–H and O–H groups in total. The van der Waals surface area contributed by atoms with Crippen LogP contribution in [0.5, 0.6) is 0 Å². The molecule has 0 saturated carbocycles. The molecule has 0 aliphatic heterocycles. The van der Waals surface area contributed by atoms with E-state index in [1.165, 1.54) is 6.07 Å². The Hall–Kier alpha value is 0.100. The summed E-state index contributed by atoms with van der Waals surface area (Å²) in [6, 6.07) is 1.50. The molecule has 0 spiro atoms. The first-order chi connectivity index (χ1) is 1.41. The molecule has 0 aliphatic carbocycles. The van der Waals surface area contributed by atoms with Crippen LogP contribution >= 0.6 is 0 Å². The third-order valence-electron chi connectivity index (χ3n) is 0. The normalized spacial score (nSPS) is 1.75. The van der Waals surface area contributed by atoms with Crippen LogP contribution in [0.2, 0.25) is 0 Å². The molecule has 2 heteroatoms. The monoisotopic (exact) mass is 237 g/mol. The van der Waals surface area contributed by atoms with Crippen molar-refractivity contribution < 1.29 is 22.4 Å². The van der Waals surface area contributed by atoms with Gasteiger partial charge < -0.3 is 6.92 Å². The Morgan fingerprint density at radius 3 is 1.75 bits per heavy atom. The van der Waals surface area contributed by atoms with E-state index in [-0.39, 0.29) is 22.4 Å². The smallest absolute Gasteiger partial charge is 0.305 e. The Bertz CT molecular complexity index is 27.5. The van der Waals surface area contributed by atoms with Crippen LogP contribution in [0.25, 0.3) is 0 Å². The molecule has 0 aromatic carbocycles. The van der Waals surface area contributed by atoms with Gasteiger partial charge in [0.1, 0.15) is 0 Å². The van der Waals surface area contributed by atoms with Crippen molar-refractivity contribution in [1.82, 2.24) is 0 Å². The molecule has 0 aromatic rings. The molecule has 4 heavy (non-hydrogen) atoms. The molecule has 0 bridgehead atoms. The van der Waals surface area contributed by atoms with Gasteiger partial charge in [0.2, 0.25) is 0 Å². The van der Waals surface area contributed by atoms with Crippen molar-refractivity contribution in [2.75, 3.05) is 0 Å². The van der Waals surface area contributed by atoms with Crippen LogP contribution in [0, 0.1) is 18.3 Å². The van der Waals surface area contributed by atoms with Crippen LogP contribution < -0.4 is 0 Å². The first-order valence-electron chi connectivity index (χ1n) is 0.577. The van der Waals surface area contributed by atoms with Gasteiger partial charge in [-0.1, -0.05) is 0 Å². The van der Waals surface area contributed by atoms with Gasteiger partial charge in [0.15, 0.2) is 0 Å². The van der Waals surface area contributed by atoms with E-state index in [4.69, 9.17) is 5.26 Å². The van der Waals surface area contributed by atoms with Crippen molar-refractivity contribution in [2.45, 2.75) is 0 Å². The fraction of sp³-hybridized carbons (Fsp3) is 0. The Kier molecular flexibility index (Phi) is 25.2. The summed E-state index contributed by atoms with van der Waals surface area (Å²) >= 11 is 0. The van der Waals surface area contributed by atoms with Crippen LogP contribution in [0.4, 0.5) is 0 Å². The summed E-state index contributed by atoms with van der Waals surface area (Å²) in [5, 5.41) is 7.21. The number of nitriles is 1. The van der Waals surface area contributed by atoms with Gasteiger partial charge in [-0.05, 0) is 0 Å². The van der Waals surface area contributed by atoms with Crippen molar-refractivity contribution in [2.24, 2.45) is 0 Å². The summed E-state index contributed by atoms with van der Waals surface area (Å²) in [5.74, 6) is 0. The van der Waals surface area contributed by atoms with E-state index in [0.717, 1.165) is 0 Å². The SMILES string of the molecule is [Au+].[CH2-]C#N. The molecule has 0 atom stereocenters. The summed E-state index contributed by atoms with van der Waals surface area (Å²) in [7, 11) is 0. The molecule has 0 aromatic heterocycles. The van der Waals surface area contributed by atoms with E-state index in [2.05, 4.69) is 6.92 Å². The predicted molar refractivity (Wildman–Crippen MR) is 11.0 cm³/mol. The third kappa shape index (κ3) is 253. The maximum absolute atomic E-state index is 7.21. The Balaban J connectivity index is 0. The Morgan fingerprint density at radius 2 is 1.75 bits per heavy atom. The number of hydrogen-bond donors (Lipinski definition) is 0. The van der Waals surface area contributed by atoms with Gasteiger partial charge in [-0.15, -0.1) is 6.07 Å². The molecule has 1 nitrogen and oxygen atoms in total. The van der Waals surface area contributed by atoms with Crippen molar-refractivity contribution >= 4 is 0 Å². The first kappa shape index (κ1) is 8.93. The number of nitrogens with zero attached hydrogens (tertiary/aromatic N) is 1. The summed E-state index contributed by atoms with van der Waals surface area (Å²) in [6.45, 7) is 2.79. The maximum atomic E-state index is 7.21. The molecule has 0 radical (unpaired) electrons. The molecular formula is C2H2AuN. The molecule has 0 fully saturated rings. The Labute approximate surface area is 41.1 Å². The topological polar surface area (TPSA) is 23.8 Å². The van der Waals surface area contributed by atoms with Crippen molar-refractivity contribution in [1.29, 1.82) is 5.26 Å². The van der Waals surface area contributed by atoms with Crippen molar-refractivity contribution in [3.05, 3.63) is 6.92 Å². The van der Waals surface area contributed by atoms with E-state index < -0.39 is 0 Å². The molecular weight excluding hydrogens is 235 g/mol. The summed E-state index contributed by atoms with van der Waals surface area (Å²) < 4.78 is 0. The van der Waals surface area contributed by atoms with E-state index in [1.807, 2.05) is 0 Å². The first-order valence-corrected chi connectivity index (χ1v) is 0.577. The molecule has 0 amide bonds. The van der Waals surface area contributed by atoms with Gasteiger partial charge in [-0.25, -0.2) is 5.26 Å². The molecule has 26 valence electrons. The minimum atomic E-state index is 0. The second kappa shape index (κ2) is 11.3. The average Bonchev–Trinajstić information content (AvgIpc) is 0.918. The standard InChI is InChI=1S/C2H2N.Au/c1-2-3;/h1H2;/q-1;+1.